The first-order valence-electron chi connectivity index (χ1n) is 10.5. The Morgan fingerprint density at radius 2 is 1.75 bits per heavy atom. The van der Waals surface area contributed by atoms with Crippen LogP contribution in [0.15, 0.2) is 47.5 Å². The van der Waals surface area contributed by atoms with Crippen molar-refractivity contribution in [1.29, 1.82) is 0 Å². The van der Waals surface area contributed by atoms with Crippen molar-refractivity contribution in [3.8, 4) is 0 Å². The minimum Gasteiger partial charge on any atom is -0.357 e. The van der Waals surface area contributed by atoms with E-state index >= 15 is 0 Å². The van der Waals surface area contributed by atoms with Crippen molar-refractivity contribution >= 4 is 40.0 Å². The second-order valence-corrected chi connectivity index (χ2v) is 9.50. The highest BCUT2D eigenvalue weighted by molar-refractivity contribution is 14.0. The second kappa shape index (κ2) is 13.7. The van der Waals surface area contributed by atoms with E-state index in [1.807, 2.05) is 38.1 Å². The van der Waals surface area contributed by atoms with E-state index in [9.17, 15) is 12.8 Å². The summed E-state index contributed by atoms with van der Waals surface area (Å²) in [5.41, 5.74) is 3.60. The van der Waals surface area contributed by atoms with E-state index in [2.05, 4.69) is 20.3 Å². The molecule has 178 valence electrons. The highest BCUT2D eigenvalue weighted by Gasteiger charge is 2.15. The standard InChI is InChI=1S/C23H33FN4O2S.HI/c1-5-25-23(26-13-12-19-10-11-22(24)14-18(19)4)27-15-20-8-6-7-9-21(20)16-31(29,30)28-17(2)3;/h6-11,14,17,28H,5,12-13,15-16H2,1-4H3,(H2,25,26,27);1H. The number of nitrogens with one attached hydrogen (secondary N) is 3. The molecule has 0 heterocycles. The molecule has 0 aromatic heterocycles. The number of nitrogens with zero attached hydrogens (tertiary/aromatic N) is 1. The molecule has 2 aromatic rings. The smallest absolute Gasteiger partial charge is 0.216 e. The molecule has 0 unspecified atom stereocenters. The van der Waals surface area contributed by atoms with Crippen LogP contribution in [0, 0.1) is 12.7 Å². The van der Waals surface area contributed by atoms with Gasteiger partial charge in [0.25, 0.3) is 0 Å². The lowest BCUT2D eigenvalue weighted by atomic mass is 10.1. The number of rotatable bonds is 10. The van der Waals surface area contributed by atoms with Gasteiger partial charge >= 0.3 is 0 Å². The molecule has 0 saturated heterocycles. The van der Waals surface area contributed by atoms with Crippen LogP contribution in [0.3, 0.4) is 0 Å². The minimum absolute atomic E-state index is 0. The van der Waals surface area contributed by atoms with Gasteiger partial charge in [-0.2, -0.15) is 0 Å². The van der Waals surface area contributed by atoms with Crippen molar-refractivity contribution in [2.45, 2.75) is 52.5 Å². The quantitative estimate of drug-likeness (QED) is 0.228. The molecule has 0 aliphatic rings. The molecule has 2 aromatic carbocycles. The summed E-state index contributed by atoms with van der Waals surface area (Å²) in [4.78, 5) is 4.62. The molecule has 0 bridgehead atoms. The summed E-state index contributed by atoms with van der Waals surface area (Å²) < 4.78 is 40.6. The first-order valence-corrected chi connectivity index (χ1v) is 12.2. The first kappa shape index (κ1) is 28.3. The molecule has 2 rings (SSSR count). The normalized spacial score (nSPS) is 11.9. The van der Waals surface area contributed by atoms with E-state index < -0.39 is 10.0 Å². The average molecular weight is 577 g/mol. The Morgan fingerprint density at radius 3 is 2.38 bits per heavy atom. The number of halogens is 2. The maximum Gasteiger partial charge on any atom is 0.216 e. The van der Waals surface area contributed by atoms with Crippen LogP contribution < -0.4 is 15.4 Å². The van der Waals surface area contributed by atoms with Gasteiger partial charge in [-0.05, 0) is 68.5 Å². The number of aliphatic imine (C=N–C) groups is 1. The minimum atomic E-state index is -3.41. The SMILES string of the molecule is CCNC(=NCc1ccccc1CS(=O)(=O)NC(C)C)NCCc1ccc(F)cc1C.I. The number of hydrogen-bond donors (Lipinski definition) is 3. The van der Waals surface area contributed by atoms with Crippen LogP contribution in [0.25, 0.3) is 0 Å². The average Bonchev–Trinajstić information content (AvgIpc) is 2.67. The Balaban J connectivity index is 0.00000512. The molecule has 0 spiro atoms. The van der Waals surface area contributed by atoms with Gasteiger partial charge in [0.1, 0.15) is 5.82 Å². The summed E-state index contributed by atoms with van der Waals surface area (Å²) in [5.74, 6) is 0.346. The zero-order valence-electron chi connectivity index (χ0n) is 19.1. The van der Waals surface area contributed by atoms with Gasteiger partial charge in [0.05, 0.1) is 12.3 Å². The zero-order chi connectivity index (χ0) is 22.9. The van der Waals surface area contributed by atoms with E-state index in [4.69, 9.17) is 0 Å². The van der Waals surface area contributed by atoms with E-state index in [1.54, 1.807) is 19.9 Å². The van der Waals surface area contributed by atoms with Gasteiger partial charge in [0.15, 0.2) is 5.96 Å². The van der Waals surface area contributed by atoms with Crippen molar-refractivity contribution in [1.82, 2.24) is 15.4 Å². The van der Waals surface area contributed by atoms with Crippen molar-refractivity contribution in [2.24, 2.45) is 4.99 Å². The number of aryl methyl sites for hydroxylation is 1. The van der Waals surface area contributed by atoms with Crippen LogP contribution in [-0.2, 0) is 28.7 Å². The summed E-state index contributed by atoms with van der Waals surface area (Å²) in [6, 6.07) is 12.1. The summed E-state index contributed by atoms with van der Waals surface area (Å²) in [7, 11) is -3.41. The Bertz CT molecular complexity index is 997. The van der Waals surface area contributed by atoms with Gasteiger partial charge in [-0.3, -0.25) is 0 Å². The summed E-state index contributed by atoms with van der Waals surface area (Å²) in [5, 5.41) is 6.49. The molecule has 0 atom stereocenters. The fourth-order valence-corrected chi connectivity index (χ4v) is 4.71. The molecule has 6 nitrogen and oxygen atoms in total. The molecule has 32 heavy (non-hydrogen) atoms. The third-order valence-corrected chi connectivity index (χ3v) is 6.14. The summed E-state index contributed by atoms with van der Waals surface area (Å²) in [6.07, 6.45) is 0.742. The Hall–Kier alpha value is -1.72. The number of sulfonamides is 1. The molecule has 0 saturated carbocycles. The molecule has 0 fully saturated rings. The Morgan fingerprint density at radius 1 is 1.06 bits per heavy atom. The molecule has 0 amide bonds. The number of hydrogen-bond acceptors (Lipinski definition) is 3. The third kappa shape index (κ3) is 9.83. The molecule has 0 aliphatic heterocycles. The van der Waals surface area contributed by atoms with Gasteiger partial charge < -0.3 is 10.6 Å². The van der Waals surface area contributed by atoms with E-state index in [0.29, 0.717) is 25.6 Å². The van der Waals surface area contributed by atoms with E-state index in [0.717, 1.165) is 28.7 Å². The summed E-state index contributed by atoms with van der Waals surface area (Å²) in [6.45, 7) is 9.20. The topological polar surface area (TPSA) is 82.6 Å². The van der Waals surface area contributed by atoms with Crippen molar-refractivity contribution in [3.63, 3.8) is 0 Å². The molecular weight excluding hydrogens is 542 g/mol. The maximum absolute atomic E-state index is 13.3. The van der Waals surface area contributed by atoms with Crippen LogP contribution in [0.2, 0.25) is 0 Å². The molecule has 3 N–H and O–H groups in total. The molecule has 9 heteroatoms. The Kier molecular flexibility index (Phi) is 12.2. The van der Waals surface area contributed by atoms with Crippen LogP contribution in [0.1, 0.15) is 43.0 Å². The lowest BCUT2D eigenvalue weighted by molar-refractivity contribution is 0.569. The van der Waals surface area contributed by atoms with Crippen molar-refractivity contribution in [3.05, 3.63) is 70.5 Å². The fraction of sp³-hybridized carbons (Fsp3) is 0.435. The predicted octanol–water partition coefficient (Wildman–Crippen LogP) is 3.88. The van der Waals surface area contributed by atoms with Crippen LogP contribution in [0.4, 0.5) is 4.39 Å². The first-order chi connectivity index (χ1) is 14.7. The predicted molar refractivity (Wildman–Crippen MR) is 140 cm³/mol. The van der Waals surface area contributed by atoms with E-state index in [-0.39, 0.29) is 41.6 Å². The van der Waals surface area contributed by atoms with Gasteiger partial charge in [0, 0.05) is 19.1 Å². The molecule has 0 aliphatic carbocycles. The molecular formula is C23H34FIN4O2S. The zero-order valence-corrected chi connectivity index (χ0v) is 22.3. The highest BCUT2D eigenvalue weighted by atomic mass is 127. The molecule has 0 radical (unpaired) electrons. The van der Waals surface area contributed by atoms with Gasteiger partial charge in [-0.1, -0.05) is 30.3 Å². The largest absolute Gasteiger partial charge is 0.357 e. The second-order valence-electron chi connectivity index (χ2n) is 7.74. The van der Waals surface area contributed by atoms with Crippen LogP contribution >= 0.6 is 24.0 Å². The lowest BCUT2D eigenvalue weighted by Gasteiger charge is -2.14. The van der Waals surface area contributed by atoms with Crippen LogP contribution in [0.5, 0.6) is 0 Å². The summed E-state index contributed by atoms with van der Waals surface area (Å²) >= 11 is 0. The van der Waals surface area contributed by atoms with Gasteiger partial charge in [0.2, 0.25) is 10.0 Å². The lowest BCUT2D eigenvalue weighted by Crippen LogP contribution is -2.38. The van der Waals surface area contributed by atoms with Gasteiger partial charge in [-0.25, -0.2) is 22.5 Å². The fourth-order valence-electron chi connectivity index (χ4n) is 3.22. The number of benzene rings is 2. The van der Waals surface area contributed by atoms with Crippen molar-refractivity contribution < 1.29 is 12.8 Å². The van der Waals surface area contributed by atoms with Gasteiger partial charge in [-0.15, -0.1) is 24.0 Å². The number of guanidine groups is 1. The monoisotopic (exact) mass is 576 g/mol. The van der Waals surface area contributed by atoms with E-state index in [1.165, 1.54) is 12.1 Å². The third-order valence-electron chi connectivity index (χ3n) is 4.62. The maximum atomic E-state index is 13.3. The van der Waals surface area contributed by atoms with Crippen molar-refractivity contribution in [2.75, 3.05) is 13.1 Å². The van der Waals surface area contributed by atoms with Crippen LogP contribution in [-0.4, -0.2) is 33.5 Å². The Labute approximate surface area is 208 Å². The highest BCUT2D eigenvalue weighted by Crippen LogP contribution is 2.14.